The first-order chi connectivity index (χ1) is 4.70. The van der Waals surface area contributed by atoms with Crippen LogP contribution in [0.2, 0.25) is 0 Å². The van der Waals surface area contributed by atoms with Crippen LogP contribution in [0.25, 0.3) is 0 Å². The number of likely N-dealkylation sites (tertiary alicyclic amines) is 1. The minimum absolute atomic E-state index is 0.387. The molecule has 1 aliphatic rings. The molecule has 2 nitrogen and oxygen atoms in total. The van der Waals surface area contributed by atoms with Gasteiger partial charge >= 0.3 is 0 Å². The number of ketones is 1. The van der Waals surface area contributed by atoms with Gasteiger partial charge in [-0.05, 0) is 6.92 Å². The number of hydrogen-bond donors (Lipinski definition) is 0. The van der Waals surface area contributed by atoms with Crippen LogP contribution in [0.3, 0.4) is 0 Å². The number of allylic oxidation sites excluding steroid dienone is 1. The maximum Gasteiger partial charge on any atom is 0.136 e. The Labute approximate surface area is 61.5 Å². The van der Waals surface area contributed by atoms with Crippen LogP contribution in [0.5, 0.6) is 0 Å². The van der Waals surface area contributed by atoms with Gasteiger partial charge in [0.05, 0.1) is 0 Å². The lowest BCUT2D eigenvalue weighted by atomic mass is 10.1. The summed E-state index contributed by atoms with van der Waals surface area (Å²) in [4.78, 5) is 12.9. The molecule has 0 atom stereocenters. The van der Waals surface area contributed by atoms with E-state index >= 15 is 0 Å². The third-order valence-corrected chi connectivity index (χ3v) is 1.86. The second kappa shape index (κ2) is 2.86. The third-order valence-electron chi connectivity index (χ3n) is 1.86. The fourth-order valence-corrected chi connectivity index (χ4v) is 1.14. The summed E-state index contributed by atoms with van der Waals surface area (Å²) in [7, 11) is 0. The lowest BCUT2D eigenvalue weighted by molar-refractivity contribution is -0.121. The molecular formula is C8H13NO. The van der Waals surface area contributed by atoms with Crippen molar-refractivity contribution in [2.75, 3.05) is 13.1 Å². The average molecular weight is 139 g/mol. The van der Waals surface area contributed by atoms with E-state index in [1.807, 2.05) is 6.92 Å². The Kier molecular flexibility index (Phi) is 2.10. The molecule has 2 heteroatoms. The van der Waals surface area contributed by atoms with Crippen molar-refractivity contribution in [1.82, 2.24) is 4.90 Å². The number of nitrogens with zero attached hydrogens (tertiary/aromatic N) is 1. The van der Waals surface area contributed by atoms with Crippen LogP contribution < -0.4 is 0 Å². The van der Waals surface area contributed by atoms with Crippen molar-refractivity contribution in [3.63, 3.8) is 0 Å². The molecule has 0 saturated carbocycles. The molecule has 0 aromatic heterocycles. The molecule has 0 bridgehead atoms. The molecule has 56 valence electrons. The van der Waals surface area contributed by atoms with Gasteiger partial charge in [0.2, 0.25) is 0 Å². The summed E-state index contributed by atoms with van der Waals surface area (Å²) in [6, 6.07) is 0. The summed E-state index contributed by atoms with van der Waals surface area (Å²) in [6.07, 6.45) is 1.40. The fourth-order valence-electron chi connectivity index (χ4n) is 1.14. The Balaban J connectivity index is 2.40. The molecule has 1 rings (SSSR count). The van der Waals surface area contributed by atoms with Crippen LogP contribution in [0.15, 0.2) is 12.3 Å². The van der Waals surface area contributed by atoms with Gasteiger partial charge in [0.1, 0.15) is 5.78 Å². The molecule has 1 aliphatic heterocycles. The van der Waals surface area contributed by atoms with Crippen molar-refractivity contribution in [2.24, 2.45) is 0 Å². The lowest BCUT2D eigenvalue weighted by Gasteiger charge is -2.27. The number of carbonyl (C=O) groups is 1. The molecule has 10 heavy (non-hydrogen) atoms. The van der Waals surface area contributed by atoms with E-state index in [0.29, 0.717) is 18.6 Å². The van der Waals surface area contributed by atoms with E-state index in [2.05, 4.69) is 11.5 Å². The van der Waals surface area contributed by atoms with E-state index in [1.54, 1.807) is 0 Å². The lowest BCUT2D eigenvalue weighted by Crippen LogP contribution is -2.31. The van der Waals surface area contributed by atoms with Gasteiger partial charge in [-0.1, -0.05) is 6.58 Å². The van der Waals surface area contributed by atoms with Gasteiger partial charge in [0.25, 0.3) is 0 Å². The second-order valence-corrected chi connectivity index (χ2v) is 2.76. The molecule has 1 heterocycles. The molecular weight excluding hydrogens is 126 g/mol. The van der Waals surface area contributed by atoms with Crippen LogP contribution in [-0.2, 0) is 4.79 Å². The highest BCUT2D eigenvalue weighted by Gasteiger charge is 2.14. The maximum absolute atomic E-state index is 10.8. The summed E-state index contributed by atoms with van der Waals surface area (Å²) in [5, 5.41) is 0. The van der Waals surface area contributed by atoms with Crippen molar-refractivity contribution in [2.45, 2.75) is 19.8 Å². The number of carbonyl (C=O) groups excluding carboxylic acids is 1. The molecule has 0 aromatic carbocycles. The largest absolute Gasteiger partial charge is 0.375 e. The molecule has 1 saturated heterocycles. The summed E-state index contributed by atoms with van der Waals surface area (Å²) in [5.41, 5.74) is 1.08. The Morgan fingerprint density at radius 3 is 2.40 bits per heavy atom. The zero-order valence-electron chi connectivity index (χ0n) is 6.39. The van der Waals surface area contributed by atoms with Gasteiger partial charge < -0.3 is 4.90 Å². The second-order valence-electron chi connectivity index (χ2n) is 2.76. The van der Waals surface area contributed by atoms with Gasteiger partial charge in [0, 0.05) is 31.6 Å². The Morgan fingerprint density at radius 1 is 1.50 bits per heavy atom. The van der Waals surface area contributed by atoms with Gasteiger partial charge in [-0.25, -0.2) is 0 Å². The molecule has 0 aromatic rings. The fraction of sp³-hybridized carbons (Fsp3) is 0.625. The predicted octanol–water partition coefficient (Wildman–Crippen LogP) is 1.18. The van der Waals surface area contributed by atoms with Gasteiger partial charge in [-0.3, -0.25) is 4.79 Å². The van der Waals surface area contributed by atoms with Gasteiger partial charge in [-0.2, -0.15) is 0 Å². The van der Waals surface area contributed by atoms with Crippen LogP contribution in [0.4, 0.5) is 0 Å². The quantitative estimate of drug-likeness (QED) is 0.543. The Bertz CT molecular complexity index is 153. The minimum atomic E-state index is 0.387. The summed E-state index contributed by atoms with van der Waals surface area (Å²) >= 11 is 0. The highest BCUT2D eigenvalue weighted by molar-refractivity contribution is 5.79. The topological polar surface area (TPSA) is 20.3 Å². The van der Waals surface area contributed by atoms with Crippen molar-refractivity contribution in [3.8, 4) is 0 Å². The van der Waals surface area contributed by atoms with Crippen LogP contribution in [-0.4, -0.2) is 23.8 Å². The smallest absolute Gasteiger partial charge is 0.136 e. The molecule has 0 amide bonds. The Hall–Kier alpha value is -0.790. The number of piperidine rings is 1. The third kappa shape index (κ3) is 1.59. The molecule has 0 radical (unpaired) electrons. The number of Topliss-reactive ketones (excluding diaryl/α,β-unsaturated/α-hetero) is 1. The molecule has 0 aliphatic carbocycles. The number of hydrogen-bond acceptors (Lipinski definition) is 2. The average Bonchev–Trinajstić information content (AvgIpc) is 1.88. The normalized spacial score (nSPS) is 19.3. The van der Waals surface area contributed by atoms with E-state index in [4.69, 9.17) is 0 Å². The molecule has 0 spiro atoms. The van der Waals surface area contributed by atoms with E-state index in [0.717, 1.165) is 18.8 Å². The van der Waals surface area contributed by atoms with E-state index in [1.165, 1.54) is 0 Å². The first kappa shape index (κ1) is 7.32. The monoisotopic (exact) mass is 139 g/mol. The zero-order chi connectivity index (χ0) is 7.56. The van der Waals surface area contributed by atoms with Crippen LogP contribution in [0, 0.1) is 0 Å². The molecule has 0 N–H and O–H groups in total. The SMILES string of the molecule is C=C(C)N1CCC(=O)CC1. The van der Waals surface area contributed by atoms with E-state index in [9.17, 15) is 4.79 Å². The molecule has 1 fully saturated rings. The summed E-state index contributed by atoms with van der Waals surface area (Å²) in [6.45, 7) is 7.54. The molecule has 0 unspecified atom stereocenters. The van der Waals surface area contributed by atoms with Crippen LogP contribution in [0.1, 0.15) is 19.8 Å². The van der Waals surface area contributed by atoms with Crippen molar-refractivity contribution in [1.29, 1.82) is 0 Å². The number of rotatable bonds is 1. The Morgan fingerprint density at radius 2 is 2.00 bits per heavy atom. The van der Waals surface area contributed by atoms with Gasteiger partial charge in [0.15, 0.2) is 0 Å². The standard InChI is InChI=1S/C8H13NO/c1-7(2)9-5-3-8(10)4-6-9/h1,3-6H2,2H3. The summed E-state index contributed by atoms with van der Waals surface area (Å²) < 4.78 is 0. The highest BCUT2D eigenvalue weighted by atomic mass is 16.1. The first-order valence-corrected chi connectivity index (χ1v) is 3.62. The predicted molar refractivity (Wildman–Crippen MR) is 40.6 cm³/mol. The van der Waals surface area contributed by atoms with E-state index < -0.39 is 0 Å². The highest BCUT2D eigenvalue weighted by Crippen LogP contribution is 2.09. The van der Waals surface area contributed by atoms with E-state index in [-0.39, 0.29) is 0 Å². The summed E-state index contributed by atoms with van der Waals surface area (Å²) in [5.74, 6) is 0.387. The maximum atomic E-state index is 10.8. The van der Waals surface area contributed by atoms with Crippen LogP contribution >= 0.6 is 0 Å². The van der Waals surface area contributed by atoms with Crippen molar-refractivity contribution >= 4 is 5.78 Å². The first-order valence-electron chi connectivity index (χ1n) is 3.62. The van der Waals surface area contributed by atoms with Crippen molar-refractivity contribution in [3.05, 3.63) is 12.3 Å². The zero-order valence-corrected chi connectivity index (χ0v) is 6.39. The van der Waals surface area contributed by atoms with Gasteiger partial charge in [-0.15, -0.1) is 0 Å². The van der Waals surface area contributed by atoms with Crippen molar-refractivity contribution < 1.29 is 4.79 Å². The minimum Gasteiger partial charge on any atom is -0.375 e.